The molecule has 1 aliphatic heterocycles. The predicted octanol–water partition coefficient (Wildman–Crippen LogP) is 4.17. The van der Waals surface area contributed by atoms with Crippen molar-refractivity contribution in [1.29, 1.82) is 0 Å². The largest absolute Gasteiger partial charge is 0.495 e. The monoisotopic (exact) mass is 508 g/mol. The van der Waals surface area contributed by atoms with Crippen LogP contribution in [0.1, 0.15) is 23.2 Å². The molecule has 0 atom stereocenters. The molecule has 0 aliphatic carbocycles. The molecule has 2 heterocycles. The van der Waals surface area contributed by atoms with Gasteiger partial charge in [-0.25, -0.2) is 13.2 Å². The first-order valence-electron chi connectivity index (χ1n) is 11.4. The molecule has 5 rings (SSSR count). The third-order valence-electron chi connectivity index (χ3n) is 6.08. The van der Waals surface area contributed by atoms with E-state index in [4.69, 9.17) is 13.9 Å². The van der Waals surface area contributed by atoms with Crippen molar-refractivity contribution >= 4 is 49.5 Å². The molecule has 0 saturated carbocycles. The zero-order valence-corrected chi connectivity index (χ0v) is 20.3. The van der Waals surface area contributed by atoms with Gasteiger partial charge in [0.1, 0.15) is 16.9 Å². The number of benzene rings is 3. The lowest BCUT2D eigenvalue weighted by Gasteiger charge is -2.16. The van der Waals surface area contributed by atoms with Crippen LogP contribution in [0.2, 0.25) is 0 Å². The quantitative estimate of drug-likeness (QED) is 0.373. The molecule has 0 bridgehead atoms. The van der Waals surface area contributed by atoms with E-state index in [2.05, 4.69) is 5.32 Å². The van der Waals surface area contributed by atoms with Crippen LogP contribution in [0.4, 0.5) is 5.69 Å². The highest BCUT2D eigenvalue weighted by molar-refractivity contribution is 7.89. The van der Waals surface area contributed by atoms with Crippen molar-refractivity contribution in [3.8, 4) is 5.75 Å². The van der Waals surface area contributed by atoms with Gasteiger partial charge in [-0.1, -0.05) is 24.3 Å². The van der Waals surface area contributed by atoms with Gasteiger partial charge in [0.2, 0.25) is 10.0 Å². The zero-order chi connectivity index (χ0) is 25.3. The van der Waals surface area contributed by atoms with Crippen molar-refractivity contribution in [3.05, 3.63) is 66.2 Å². The first-order valence-corrected chi connectivity index (χ1v) is 12.9. The number of amides is 1. The molecule has 10 heteroatoms. The number of furan rings is 1. The van der Waals surface area contributed by atoms with Crippen LogP contribution in [0.3, 0.4) is 0 Å². The minimum absolute atomic E-state index is 0.0205. The molecule has 1 amide bonds. The van der Waals surface area contributed by atoms with Gasteiger partial charge in [-0.3, -0.25) is 4.79 Å². The van der Waals surface area contributed by atoms with E-state index in [0.29, 0.717) is 35.7 Å². The Hall–Kier alpha value is -3.89. The summed E-state index contributed by atoms with van der Waals surface area (Å²) in [7, 11) is -2.19. The summed E-state index contributed by atoms with van der Waals surface area (Å²) in [6, 6.07) is 16.6. The number of carbonyl (C=O) groups excluding carboxylic acids is 2. The Labute approximate surface area is 207 Å². The lowest BCUT2D eigenvalue weighted by Crippen LogP contribution is -2.28. The molecule has 186 valence electrons. The average Bonchev–Trinajstić information content (AvgIpc) is 3.55. The number of nitrogens with one attached hydrogen (secondary N) is 1. The Morgan fingerprint density at radius 1 is 0.972 bits per heavy atom. The number of hydrogen-bond donors (Lipinski definition) is 1. The third kappa shape index (κ3) is 4.52. The fraction of sp³-hybridized carbons (Fsp3) is 0.231. The number of esters is 1. The second-order valence-corrected chi connectivity index (χ2v) is 10.3. The molecule has 9 nitrogen and oxygen atoms in total. The number of rotatable bonds is 7. The SMILES string of the molecule is COc1cc2c(cc1NC(=O)COC(=O)c1cccc(S(=O)(=O)N3CCCC3)c1)oc1ccccc12. The summed E-state index contributed by atoms with van der Waals surface area (Å²) < 4.78 is 43.4. The maximum atomic E-state index is 12.8. The number of methoxy groups -OCH3 is 1. The van der Waals surface area contributed by atoms with Crippen molar-refractivity contribution in [2.75, 3.05) is 32.1 Å². The summed E-state index contributed by atoms with van der Waals surface area (Å²) >= 11 is 0. The molecule has 1 N–H and O–H groups in total. The van der Waals surface area contributed by atoms with Crippen LogP contribution in [0.5, 0.6) is 5.75 Å². The second-order valence-electron chi connectivity index (χ2n) is 8.41. The van der Waals surface area contributed by atoms with Crippen LogP contribution in [0.25, 0.3) is 21.9 Å². The maximum Gasteiger partial charge on any atom is 0.338 e. The maximum absolute atomic E-state index is 12.8. The number of para-hydroxylation sites is 1. The fourth-order valence-electron chi connectivity index (χ4n) is 4.28. The molecule has 3 aromatic carbocycles. The van der Waals surface area contributed by atoms with Crippen molar-refractivity contribution < 1.29 is 31.9 Å². The summed E-state index contributed by atoms with van der Waals surface area (Å²) in [6.45, 7) is 0.351. The highest BCUT2D eigenvalue weighted by atomic mass is 32.2. The van der Waals surface area contributed by atoms with E-state index < -0.39 is 28.5 Å². The summed E-state index contributed by atoms with van der Waals surface area (Å²) in [5, 5.41) is 4.44. The van der Waals surface area contributed by atoms with Crippen LogP contribution in [-0.2, 0) is 19.6 Å². The molecular formula is C26H24N2O7S. The van der Waals surface area contributed by atoms with Gasteiger partial charge in [-0.2, -0.15) is 4.31 Å². The Bertz CT molecular complexity index is 1570. The predicted molar refractivity (Wildman–Crippen MR) is 134 cm³/mol. The lowest BCUT2D eigenvalue weighted by molar-refractivity contribution is -0.119. The van der Waals surface area contributed by atoms with E-state index in [-0.39, 0.29) is 10.5 Å². The number of ether oxygens (including phenoxy) is 2. The van der Waals surface area contributed by atoms with Gasteiger partial charge >= 0.3 is 5.97 Å². The van der Waals surface area contributed by atoms with E-state index >= 15 is 0 Å². The third-order valence-corrected chi connectivity index (χ3v) is 7.97. The van der Waals surface area contributed by atoms with Gasteiger partial charge in [0, 0.05) is 29.9 Å². The second kappa shape index (κ2) is 9.63. The number of fused-ring (bicyclic) bond motifs is 3. The fourth-order valence-corrected chi connectivity index (χ4v) is 5.84. The summed E-state index contributed by atoms with van der Waals surface area (Å²) in [5.74, 6) is -0.963. The van der Waals surface area contributed by atoms with Crippen LogP contribution >= 0.6 is 0 Å². The topological polar surface area (TPSA) is 115 Å². The van der Waals surface area contributed by atoms with E-state index in [9.17, 15) is 18.0 Å². The average molecular weight is 509 g/mol. The smallest absolute Gasteiger partial charge is 0.338 e. The summed E-state index contributed by atoms with van der Waals surface area (Å²) in [4.78, 5) is 25.1. The molecule has 1 fully saturated rings. The Morgan fingerprint density at radius 2 is 1.75 bits per heavy atom. The number of carbonyl (C=O) groups is 2. The molecule has 36 heavy (non-hydrogen) atoms. The van der Waals surface area contributed by atoms with Gasteiger partial charge in [0.15, 0.2) is 6.61 Å². The number of anilines is 1. The standard InChI is InChI=1S/C26H24N2O7S/c1-33-24-14-20-19-9-2-3-10-22(19)35-23(20)15-21(24)27-25(29)16-34-26(30)17-7-6-8-18(13-17)36(31,32)28-11-4-5-12-28/h2-3,6-10,13-15H,4-5,11-12,16H2,1H3,(H,27,29). The molecular weight excluding hydrogens is 484 g/mol. The van der Waals surface area contributed by atoms with E-state index in [1.807, 2.05) is 24.3 Å². The summed E-state index contributed by atoms with van der Waals surface area (Å²) in [6.07, 6.45) is 1.62. The summed E-state index contributed by atoms with van der Waals surface area (Å²) in [5.41, 5.74) is 1.69. The minimum atomic E-state index is -3.68. The van der Waals surface area contributed by atoms with Gasteiger partial charge in [0.25, 0.3) is 5.91 Å². The molecule has 1 saturated heterocycles. The first-order chi connectivity index (χ1) is 17.4. The number of hydrogen-bond acceptors (Lipinski definition) is 7. The molecule has 4 aromatic rings. The minimum Gasteiger partial charge on any atom is -0.495 e. The van der Waals surface area contributed by atoms with E-state index in [0.717, 1.165) is 23.6 Å². The molecule has 0 spiro atoms. The van der Waals surface area contributed by atoms with E-state index in [1.165, 1.54) is 35.7 Å². The number of sulfonamides is 1. The number of nitrogens with zero attached hydrogens (tertiary/aromatic N) is 1. The Balaban J connectivity index is 1.28. The van der Waals surface area contributed by atoms with Gasteiger partial charge in [-0.15, -0.1) is 0 Å². The van der Waals surface area contributed by atoms with Crippen molar-refractivity contribution in [3.63, 3.8) is 0 Å². The molecule has 0 unspecified atom stereocenters. The molecule has 1 aromatic heterocycles. The van der Waals surface area contributed by atoms with Gasteiger partial charge in [0.05, 0.1) is 23.3 Å². The normalized spacial score (nSPS) is 14.2. The Morgan fingerprint density at radius 3 is 2.53 bits per heavy atom. The molecule has 0 radical (unpaired) electrons. The van der Waals surface area contributed by atoms with E-state index in [1.54, 1.807) is 12.1 Å². The van der Waals surface area contributed by atoms with Crippen LogP contribution in [0.15, 0.2) is 70.0 Å². The van der Waals surface area contributed by atoms with Crippen molar-refractivity contribution in [1.82, 2.24) is 4.31 Å². The van der Waals surface area contributed by atoms with Crippen molar-refractivity contribution in [2.24, 2.45) is 0 Å². The molecule has 1 aliphatic rings. The van der Waals surface area contributed by atoms with Crippen LogP contribution in [-0.4, -0.2) is 51.4 Å². The van der Waals surface area contributed by atoms with Gasteiger partial charge < -0.3 is 19.2 Å². The van der Waals surface area contributed by atoms with Crippen LogP contribution in [0, 0.1) is 0 Å². The van der Waals surface area contributed by atoms with Gasteiger partial charge in [-0.05, 0) is 43.2 Å². The van der Waals surface area contributed by atoms with Crippen molar-refractivity contribution in [2.45, 2.75) is 17.7 Å². The van der Waals surface area contributed by atoms with Crippen LogP contribution < -0.4 is 10.1 Å². The Kier molecular flexibility index (Phi) is 6.38. The first kappa shape index (κ1) is 23.8. The highest BCUT2D eigenvalue weighted by Gasteiger charge is 2.28. The zero-order valence-electron chi connectivity index (χ0n) is 19.5. The lowest BCUT2D eigenvalue weighted by atomic mass is 10.1. The highest BCUT2D eigenvalue weighted by Crippen LogP contribution is 2.36.